The van der Waals surface area contributed by atoms with E-state index in [1.54, 1.807) is 7.11 Å². The quantitative estimate of drug-likeness (QED) is 0.552. The van der Waals surface area contributed by atoms with E-state index in [4.69, 9.17) is 9.73 Å². The Bertz CT molecular complexity index is 504. The molecule has 20 heavy (non-hydrogen) atoms. The van der Waals surface area contributed by atoms with Gasteiger partial charge >= 0.3 is 0 Å². The number of para-hydroxylation sites is 1. The number of benzene rings is 1. The molecule has 0 radical (unpaired) electrons. The molecule has 0 saturated heterocycles. The first-order chi connectivity index (χ1) is 9.61. The van der Waals surface area contributed by atoms with E-state index in [-0.39, 0.29) is 6.10 Å². The molecule has 0 aliphatic heterocycles. The van der Waals surface area contributed by atoms with Gasteiger partial charge in [0.15, 0.2) is 0 Å². The topological polar surface area (TPSA) is 21.6 Å². The first-order valence-corrected chi connectivity index (χ1v) is 7.45. The lowest BCUT2D eigenvalue weighted by atomic mass is 9.83. The second-order valence-electron chi connectivity index (χ2n) is 5.79. The summed E-state index contributed by atoms with van der Waals surface area (Å²) in [5.41, 5.74) is 3.69. The number of ether oxygens (including phenoxy) is 1. The Kier molecular flexibility index (Phi) is 5.13. The van der Waals surface area contributed by atoms with Crippen LogP contribution in [0.1, 0.15) is 45.3 Å². The fraction of sp³-hybridized carbons (Fsp3) is 0.500. The summed E-state index contributed by atoms with van der Waals surface area (Å²) in [6.07, 6.45) is 6.99. The molecular formula is C18H25NO. The lowest BCUT2D eigenvalue weighted by molar-refractivity contribution is 0.120. The van der Waals surface area contributed by atoms with Crippen molar-refractivity contribution in [2.45, 2.75) is 39.7 Å². The molecule has 108 valence electrons. The summed E-state index contributed by atoms with van der Waals surface area (Å²) in [5, 5.41) is 0. The highest BCUT2D eigenvalue weighted by Crippen LogP contribution is 2.30. The molecule has 0 amide bonds. The van der Waals surface area contributed by atoms with Crippen molar-refractivity contribution in [2.75, 3.05) is 7.11 Å². The summed E-state index contributed by atoms with van der Waals surface area (Å²) < 4.78 is 5.42. The van der Waals surface area contributed by atoms with E-state index < -0.39 is 0 Å². The minimum atomic E-state index is 0.0780. The molecule has 0 heterocycles. The zero-order chi connectivity index (χ0) is 14.5. The van der Waals surface area contributed by atoms with Crippen molar-refractivity contribution >= 4 is 11.9 Å². The van der Waals surface area contributed by atoms with Gasteiger partial charge in [-0.05, 0) is 38.7 Å². The van der Waals surface area contributed by atoms with E-state index in [1.807, 2.05) is 12.1 Å². The van der Waals surface area contributed by atoms with Gasteiger partial charge in [-0.3, -0.25) is 4.99 Å². The van der Waals surface area contributed by atoms with Gasteiger partial charge in [-0.15, -0.1) is 0 Å². The predicted octanol–water partition coefficient (Wildman–Crippen LogP) is 5.09. The van der Waals surface area contributed by atoms with Crippen molar-refractivity contribution in [1.29, 1.82) is 0 Å². The molecule has 1 aliphatic rings. The highest BCUT2D eigenvalue weighted by atomic mass is 16.5. The van der Waals surface area contributed by atoms with Crippen molar-refractivity contribution in [3.8, 4) is 0 Å². The highest BCUT2D eigenvalue weighted by molar-refractivity contribution is 5.68. The average molecular weight is 271 g/mol. The standard InChI is InChI=1S/C18H25NO/c1-13-9-10-16(14(2)11-13)12-19-18-8-6-5-7-17(18)15(3)20-4/h5-8,11-12,14-16H,9-10H2,1-4H3/b19-12+. The van der Waals surface area contributed by atoms with Crippen LogP contribution < -0.4 is 0 Å². The summed E-state index contributed by atoms with van der Waals surface area (Å²) in [7, 11) is 1.74. The molecule has 2 nitrogen and oxygen atoms in total. The maximum absolute atomic E-state index is 5.42. The zero-order valence-electron chi connectivity index (χ0n) is 13.0. The summed E-state index contributed by atoms with van der Waals surface area (Å²) in [5.74, 6) is 1.13. The summed E-state index contributed by atoms with van der Waals surface area (Å²) >= 11 is 0. The fourth-order valence-electron chi connectivity index (χ4n) is 2.78. The third-order valence-electron chi connectivity index (χ3n) is 4.23. The Hall–Kier alpha value is -1.41. The molecule has 0 fully saturated rings. The van der Waals surface area contributed by atoms with Gasteiger partial charge in [-0.25, -0.2) is 0 Å². The SMILES string of the molecule is COC(C)c1ccccc1/N=C/C1CCC(C)=CC1C. The van der Waals surface area contributed by atoms with Gasteiger partial charge in [0.25, 0.3) is 0 Å². The normalized spacial score (nSPS) is 24.7. The third kappa shape index (κ3) is 3.57. The molecule has 0 bridgehead atoms. The Labute approximate surface area is 122 Å². The van der Waals surface area contributed by atoms with Crippen molar-refractivity contribution in [3.05, 3.63) is 41.5 Å². The van der Waals surface area contributed by atoms with Gasteiger partial charge in [-0.2, -0.15) is 0 Å². The summed E-state index contributed by atoms with van der Waals surface area (Å²) in [6.45, 7) is 6.56. The molecule has 1 aliphatic carbocycles. The van der Waals surface area contributed by atoms with E-state index in [2.05, 4.69) is 45.2 Å². The average Bonchev–Trinajstić information content (AvgIpc) is 2.46. The smallest absolute Gasteiger partial charge is 0.0813 e. The molecule has 2 rings (SSSR count). The van der Waals surface area contributed by atoms with Crippen LogP contribution in [-0.2, 0) is 4.74 Å². The monoisotopic (exact) mass is 271 g/mol. The van der Waals surface area contributed by atoms with Crippen molar-refractivity contribution in [3.63, 3.8) is 0 Å². The number of methoxy groups -OCH3 is 1. The molecular weight excluding hydrogens is 246 g/mol. The Morgan fingerprint density at radius 3 is 2.80 bits per heavy atom. The molecule has 0 saturated carbocycles. The second-order valence-corrected chi connectivity index (χ2v) is 5.79. The van der Waals surface area contributed by atoms with Gasteiger partial charge in [-0.1, -0.05) is 36.8 Å². The Morgan fingerprint density at radius 1 is 1.35 bits per heavy atom. The number of allylic oxidation sites excluding steroid dienone is 2. The van der Waals surface area contributed by atoms with E-state index >= 15 is 0 Å². The van der Waals surface area contributed by atoms with Crippen LogP contribution in [0.4, 0.5) is 5.69 Å². The maximum Gasteiger partial charge on any atom is 0.0813 e. The lowest BCUT2D eigenvalue weighted by Crippen LogP contribution is -2.15. The molecule has 0 spiro atoms. The minimum Gasteiger partial charge on any atom is -0.377 e. The molecule has 3 unspecified atom stereocenters. The molecule has 3 atom stereocenters. The number of hydrogen-bond donors (Lipinski definition) is 0. The van der Waals surface area contributed by atoms with Gasteiger partial charge < -0.3 is 4.74 Å². The third-order valence-corrected chi connectivity index (χ3v) is 4.23. The lowest BCUT2D eigenvalue weighted by Gasteiger charge is -2.23. The number of rotatable bonds is 4. The number of nitrogens with zero attached hydrogens (tertiary/aromatic N) is 1. The van der Waals surface area contributed by atoms with Crippen LogP contribution >= 0.6 is 0 Å². The van der Waals surface area contributed by atoms with Crippen molar-refractivity contribution in [2.24, 2.45) is 16.8 Å². The van der Waals surface area contributed by atoms with Gasteiger partial charge in [0.05, 0.1) is 11.8 Å². The number of hydrogen-bond acceptors (Lipinski definition) is 2. The summed E-state index contributed by atoms with van der Waals surface area (Å²) in [4.78, 5) is 4.74. The largest absolute Gasteiger partial charge is 0.377 e. The maximum atomic E-state index is 5.42. The van der Waals surface area contributed by atoms with E-state index in [9.17, 15) is 0 Å². The van der Waals surface area contributed by atoms with Crippen LogP contribution in [0.5, 0.6) is 0 Å². The molecule has 2 heteroatoms. The first-order valence-electron chi connectivity index (χ1n) is 7.45. The Morgan fingerprint density at radius 2 is 2.10 bits per heavy atom. The summed E-state index contributed by atoms with van der Waals surface area (Å²) in [6, 6.07) is 8.23. The number of aliphatic imine (C=N–C) groups is 1. The van der Waals surface area contributed by atoms with E-state index in [0.29, 0.717) is 11.8 Å². The molecule has 0 aromatic heterocycles. The molecule has 1 aromatic rings. The second kappa shape index (κ2) is 6.85. The zero-order valence-corrected chi connectivity index (χ0v) is 13.0. The van der Waals surface area contributed by atoms with Crippen LogP contribution in [0.25, 0.3) is 0 Å². The Balaban J connectivity index is 2.16. The van der Waals surface area contributed by atoms with Gasteiger partial charge in [0.2, 0.25) is 0 Å². The van der Waals surface area contributed by atoms with E-state index in [0.717, 1.165) is 11.3 Å². The van der Waals surface area contributed by atoms with Crippen LogP contribution in [-0.4, -0.2) is 13.3 Å². The molecule has 0 N–H and O–H groups in total. The predicted molar refractivity (Wildman–Crippen MR) is 85.7 cm³/mol. The fourth-order valence-corrected chi connectivity index (χ4v) is 2.78. The van der Waals surface area contributed by atoms with E-state index in [1.165, 1.54) is 18.4 Å². The van der Waals surface area contributed by atoms with Crippen molar-refractivity contribution < 1.29 is 4.74 Å². The van der Waals surface area contributed by atoms with Crippen molar-refractivity contribution in [1.82, 2.24) is 0 Å². The molecule has 1 aromatic carbocycles. The van der Waals surface area contributed by atoms with Gasteiger partial charge in [0, 0.05) is 24.8 Å². The van der Waals surface area contributed by atoms with Crippen LogP contribution in [0.3, 0.4) is 0 Å². The van der Waals surface area contributed by atoms with Crippen LogP contribution in [0.15, 0.2) is 40.9 Å². The minimum absolute atomic E-state index is 0.0780. The van der Waals surface area contributed by atoms with Crippen LogP contribution in [0, 0.1) is 11.8 Å². The highest BCUT2D eigenvalue weighted by Gasteiger charge is 2.18. The van der Waals surface area contributed by atoms with Gasteiger partial charge in [0.1, 0.15) is 0 Å². The first kappa shape index (κ1) is 15.0. The van der Waals surface area contributed by atoms with Crippen LogP contribution in [0.2, 0.25) is 0 Å².